The molecule has 0 fully saturated rings. The molecule has 0 spiro atoms. The highest BCUT2D eigenvalue weighted by molar-refractivity contribution is 6.20. The number of hydrogen-bond donors (Lipinski definition) is 1. The number of carbonyl (C=O) groups is 2. The molecule has 1 atom stereocenters. The summed E-state index contributed by atoms with van der Waals surface area (Å²) in [5, 5.41) is 9.29. The lowest BCUT2D eigenvalue weighted by molar-refractivity contribution is -0.137. The van der Waals surface area contributed by atoms with Crippen molar-refractivity contribution in [2.45, 2.75) is 19.9 Å². The fourth-order valence-electron chi connectivity index (χ4n) is 3.18. The molecule has 0 saturated heterocycles. The van der Waals surface area contributed by atoms with E-state index in [1.54, 1.807) is 0 Å². The number of carboxylic acids is 1. The second-order valence-corrected chi connectivity index (χ2v) is 6.18. The minimum absolute atomic E-state index is 0.0197. The Morgan fingerprint density at radius 1 is 1.32 bits per heavy atom. The SMILES string of the molecule is CC12CC=CC(F)=C1N(Cc1ccc(F)cc1F)C=C(C(=O)O)C2=O. The average Bonchev–Trinajstić information content (AvgIpc) is 2.52. The third kappa shape index (κ3) is 2.75. The zero-order valence-electron chi connectivity index (χ0n) is 13.2. The maximum Gasteiger partial charge on any atom is 0.340 e. The first-order chi connectivity index (χ1) is 11.7. The van der Waals surface area contributed by atoms with Crippen molar-refractivity contribution in [1.29, 1.82) is 0 Å². The largest absolute Gasteiger partial charge is 0.478 e. The van der Waals surface area contributed by atoms with Gasteiger partial charge in [-0.05, 0) is 25.5 Å². The zero-order chi connectivity index (χ0) is 18.4. The average molecular weight is 349 g/mol. The molecule has 130 valence electrons. The Hall–Kier alpha value is -2.83. The summed E-state index contributed by atoms with van der Waals surface area (Å²) in [5.74, 6) is -4.43. The maximum absolute atomic E-state index is 14.5. The van der Waals surface area contributed by atoms with E-state index in [4.69, 9.17) is 0 Å². The molecule has 2 aliphatic rings. The van der Waals surface area contributed by atoms with Crippen molar-refractivity contribution in [1.82, 2.24) is 4.90 Å². The van der Waals surface area contributed by atoms with Crippen LogP contribution in [0.3, 0.4) is 0 Å². The van der Waals surface area contributed by atoms with E-state index in [1.807, 2.05) is 0 Å². The van der Waals surface area contributed by atoms with Crippen molar-refractivity contribution >= 4 is 11.8 Å². The van der Waals surface area contributed by atoms with Gasteiger partial charge in [-0.2, -0.15) is 0 Å². The number of hydrogen-bond acceptors (Lipinski definition) is 3. The number of fused-ring (bicyclic) bond motifs is 1. The van der Waals surface area contributed by atoms with Crippen LogP contribution in [0.1, 0.15) is 18.9 Å². The van der Waals surface area contributed by atoms with Gasteiger partial charge in [0, 0.05) is 17.8 Å². The van der Waals surface area contributed by atoms with Gasteiger partial charge >= 0.3 is 5.97 Å². The van der Waals surface area contributed by atoms with E-state index < -0.39 is 40.2 Å². The predicted molar refractivity (Wildman–Crippen MR) is 82.6 cm³/mol. The fourth-order valence-corrected chi connectivity index (χ4v) is 3.18. The first-order valence-electron chi connectivity index (χ1n) is 7.51. The standard InChI is InChI=1S/C18H14F3NO3/c1-18-6-2-3-13(20)15(18)22(9-12(16(18)23)17(24)25)8-10-4-5-11(19)7-14(10)21/h2-5,7,9H,6,8H2,1H3,(H,24,25). The summed E-state index contributed by atoms with van der Waals surface area (Å²) < 4.78 is 41.5. The minimum atomic E-state index is -1.44. The molecule has 25 heavy (non-hydrogen) atoms. The van der Waals surface area contributed by atoms with Crippen LogP contribution in [0.5, 0.6) is 0 Å². The molecule has 1 unspecified atom stereocenters. The third-order valence-electron chi connectivity index (χ3n) is 4.44. The first kappa shape index (κ1) is 17.0. The lowest BCUT2D eigenvalue weighted by Gasteiger charge is -2.41. The van der Waals surface area contributed by atoms with E-state index in [2.05, 4.69) is 0 Å². The summed E-state index contributed by atoms with van der Waals surface area (Å²) in [6.07, 6.45) is 3.78. The van der Waals surface area contributed by atoms with Crippen LogP contribution in [0.4, 0.5) is 13.2 Å². The Morgan fingerprint density at radius 3 is 2.68 bits per heavy atom. The van der Waals surface area contributed by atoms with Gasteiger partial charge in [0.2, 0.25) is 0 Å². The lowest BCUT2D eigenvalue weighted by atomic mass is 9.71. The summed E-state index contributed by atoms with van der Waals surface area (Å²) in [5.41, 5.74) is -1.86. The molecule has 1 aromatic rings. The van der Waals surface area contributed by atoms with Gasteiger partial charge in [0.25, 0.3) is 0 Å². The molecule has 0 saturated carbocycles. The summed E-state index contributed by atoms with van der Waals surface area (Å²) in [4.78, 5) is 25.2. The van der Waals surface area contributed by atoms with Gasteiger partial charge in [-0.25, -0.2) is 18.0 Å². The second-order valence-electron chi connectivity index (χ2n) is 6.18. The van der Waals surface area contributed by atoms with Gasteiger partial charge in [-0.3, -0.25) is 4.79 Å². The Morgan fingerprint density at radius 2 is 2.04 bits per heavy atom. The van der Waals surface area contributed by atoms with Crippen LogP contribution in [0.25, 0.3) is 0 Å². The molecule has 1 heterocycles. The predicted octanol–water partition coefficient (Wildman–Crippen LogP) is 3.47. The molecular weight excluding hydrogens is 335 g/mol. The van der Waals surface area contributed by atoms with E-state index in [0.717, 1.165) is 12.3 Å². The number of Topliss-reactive ketones (excluding diaryl/α,β-unsaturated/α-hetero) is 1. The van der Waals surface area contributed by atoms with Crippen molar-refractivity contribution in [3.05, 3.63) is 70.8 Å². The number of carboxylic acid groups (broad SMARTS) is 1. The van der Waals surface area contributed by atoms with Crippen molar-refractivity contribution < 1.29 is 27.9 Å². The van der Waals surface area contributed by atoms with Crippen LogP contribution in [0.15, 0.2) is 53.6 Å². The maximum atomic E-state index is 14.5. The van der Waals surface area contributed by atoms with Gasteiger partial charge in [0.1, 0.15) is 23.0 Å². The molecule has 0 amide bonds. The normalized spacial score (nSPS) is 22.8. The number of rotatable bonds is 3. The Labute approximate surface area is 141 Å². The van der Waals surface area contributed by atoms with Crippen LogP contribution in [-0.4, -0.2) is 21.8 Å². The first-order valence-corrected chi connectivity index (χ1v) is 7.51. The molecule has 0 radical (unpaired) electrons. The van der Waals surface area contributed by atoms with E-state index in [0.29, 0.717) is 6.07 Å². The number of ketones is 1. The number of benzene rings is 1. The monoisotopic (exact) mass is 349 g/mol. The highest BCUT2D eigenvalue weighted by atomic mass is 19.1. The Bertz CT molecular complexity index is 872. The Balaban J connectivity index is 2.13. The number of halogens is 3. The molecule has 1 aliphatic heterocycles. The molecule has 3 rings (SSSR count). The lowest BCUT2D eigenvalue weighted by Crippen LogP contribution is -2.44. The fraction of sp³-hybridized carbons (Fsp3) is 0.222. The third-order valence-corrected chi connectivity index (χ3v) is 4.44. The molecule has 7 heteroatoms. The molecule has 1 aliphatic carbocycles. The van der Waals surface area contributed by atoms with Gasteiger partial charge in [-0.15, -0.1) is 0 Å². The highest BCUT2D eigenvalue weighted by Gasteiger charge is 2.48. The van der Waals surface area contributed by atoms with Crippen molar-refractivity contribution in [2.24, 2.45) is 5.41 Å². The van der Waals surface area contributed by atoms with Gasteiger partial charge < -0.3 is 10.0 Å². The molecule has 0 bridgehead atoms. The summed E-state index contributed by atoms with van der Waals surface area (Å²) in [7, 11) is 0. The van der Waals surface area contributed by atoms with E-state index in [9.17, 15) is 27.9 Å². The molecule has 1 aromatic carbocycles. The van der Waals surface area contributed by atoms with Crippen molar-refractivity contribution in [3.63, 3.8) is 0 Å². The minimum Gasteiger partial charge on any atom is -0.478 e. The Kier molecular flexibility index (Phi) is 4.02. The molecule has 1 N–H and O–H groups in total. The number of aliphatic carboxylic acids is 1. The van der Waals surface area contributed by atoms with Crippen LogP contribution < -0.4 is 0 Å². The van der Waals surface area contributed by atoms with E-state index in [-0.39, 0.29) is 24.2 Å². The topological polar surface area (TPSA) is 57.6 Å². The quantitative estimate of drug-likeness (QED) is 0.849. The van der Waals surface area contributed by atoms with E-state index in [1.165, 1.54) is 30.0 Å². The smallest absolute Gasteiger partial charge is 0.340 e. The van der Waals surface area contributed by atoms with Crippen molar-refractivity contribution in [3.8, 4) is 0 Å². The number of carbonyl (C=O) groups excluding carboxylic acids is 1. The van der Waals surface area contributed by atoms with Gasteiger partial charge in [0.05, 0.1) is 17.7 Å². The molecule has 0 aromatic heterocycles. The highest BCUT2D eigenvalue weighted by Crippen LogP contribution is 2.46. The number of allylic oxidation sites excluding steroid dienone is 4. The van der Waals surface area contributed by atoms with Gasteiger partial charge in [-0.1, -0.05) is 12.1 Å². The van der Waals surface area contributed by atoms with Crippen LogP contribution >= 0.6 is 0 Å². The summed E-state index contributed by atoms with van der Waals surface area (Å²) in [6, 6.07) is 2.95. The van der Waals surface area contributed by atoms with Gasteiger partial charge in [0.15, 0.2) is 5.78 Å². The molecular formula is C18H14F3NO3. The molecule has 4 nitrogen and oxygen atoms in total. The summed E-state index contributed by atoms with van der Waals surface area (Å²) in [6.45, 7) is 1.22. The van der Waals surface area contributed by atoms with Crippen molar-refractivity contribution in [2.75, 3.05) is 0 Å². The van der Waals surface area contributed by atoms with Crippen LogP contribution in [-0.2, 0) is 16.1 Å². The number of nitrogens with zero attached hydrogens (tertiary/aromatic N) is 1. The van der Waals surface area contributed by atoms with Crippen LogP contribution in [0, 0.1) is 17.0 Å². The van der Waals surface area contributed by atoms with Crippen LogP contribution in [0.2, 0.25) is 0 Å². The summed E-state index contributed by atoms with van der Waals surface area (Å²) >= 11 is 0. The van der Waals surface area contributed by atoms with E-state index >= 15 is 0 Å². The zero-order valence-corrected chi connectivity index (χ0v) is 13.2. The second kappa shape index (κ2) is 5.91.